The fourth-order valence-electron chi connectivity index (χ4n) is 1.76. The number of amides is 1. The molecular formula is C12H21N3O2. The van der Waals surface area contributed by atoms with E-state index in [0.717, 1.165) is 17.0 Å². The Morgan fingerprint density at radius 1 is 1.47 bits per heavy atom. The minimum atomic E-state index is -0.378. The first-order valence-corrected chi connectivity index (χ1v) is 5.78. The van der Waals surface area contributed by atoms with Gasteiger partial charge in [-0.15, -0.1) is 0 Å². The van der Waals surface area contributed by atoms with Gasteiger partial charge in [-0.3, -0.25) is 9.89 Å². The molecule has 1 rings (SSSR count). The highest BCUT2D eigenvalue weighted by molar-refractivity contribution is 5.79. The number of carbonyl (C=O) groups is 1. The number of aromatic nitrogens is 2. The third kappa shape index (κ3) is 3.85. The van der Waals surface area contributed by atoms with Gasteiger partial charge in [-0.2, -0.15) is 5.10 Å². The van der Waals surface area contributed by atoms with Crippen LogP contribution < -0.4 is 5.32 Å². The van der Waals surface area contributed by atoms with Crippen molar-refractivity contribution in [3.63, 3.8) is 0 Å². The fraction of sp³-hybridized carbons (Fsp3) is 0.667. The number of aliphatic hydroxyl groups is 1. The third-order valence-corrected chi connectivity index (χ3v) is 2.83. The van der Waals surface area contributed by atoms with Crippen LogP contribution in [0.4, 0.5) is 0 Å². The number of carbonyl (C=O) groups excluding carboxylic acids is 1. The molecule has 0 spiro atoms. The van der Waals surface area contributed by atoms with Gasteiger partial charge < -0.3 is 10.4 Å². The first kappa shape index (κ1) is 13.7. The van der Waals surface area contributed by atoms with E-state index in [2.05, 4.69) is 15.5 Å². The number of H-pyrrole nitrogens is 1. The molecule has 0 aliphatic heterocycles. The molecule has 1 heterocycles. The van der Waals surface area contributed by atoms with Gasteiger partial charge in [0.05, 0.1) is 12.1 Å². The van der Waals surface area contributed by atoms with Crippen molar-refractivity contribution in [2.75, 3.05) is 6.61 Å². The van der Waals surface area contributed by atoms with E-state index in [1.807, 2.05) is 27.7 Å². The second kappa shape index (κ2) is 5.31. The topological polar surface area (TPSA) is 78.0 Å². The number of nitrogens with zero attached hydrogens (tertiary/aromatic N) is 1. The first-order chi connectivity index (χ1) is 7.85. The Morgan fingerprint density at radius 3 is 2.59 bits per heavy atom. The van der Waals surface area contributed by atoms with Crippen LogP contribution in [0.1, 0.15) is 37.2 Å². The lowest BCUT2D eigenvalue weighted by Gasteiger charge is -2.25. The molecule has 1 amide bonds. The molecule has 0 aromatic carbocycles. The van der Waals surface area contributed by atoms with Crippen molar-refractivity contribution in [1.29, 1.82) is 0 Å². The summed E-state index contributed by atoms with van der Waals surface area (Å²) < 4.78 is 0. The van der Waals surface area contributed by atoms with Crippen molar-refractivity contribution in [1.82, 2.24) is 15.5 Å². The van der Waals surface area contributed by atoms with Crippen LogP contribution in [0.2, 0.25) is 0 Å². The van der Waals surface area contributed by atoms with Crippen LogP contribution in [0.25, 0.3) is 0 Å². The molecule has 0 aliphatic carbocycles. The monoisotopic (exact) mass is 239 g/mol. The van der Waals surface area contributed by atoms with Gasteiger partial charge >= 0.3 is 0 Å². The zero-order valence-electron chi connectivity index (χ0n) is 10.9. The molecule has 0 bridgehead atoms. The van der Waals surface area contributed by atoms with Crippen LogP contribution >= 0.6 is 0 Å². The smallest absolute Gasteiger partial charge is 0.224 e. The number of hydrogen-bond donors (Lipinski definition) is 3. The molecule has 0 saturated heterocycles. The zero-order chi connectivity index (χ0) is 13.1. The average molecular weight is 239 g/mol. The van der Waals surface area contributed by atoms with Gasteiger partial charge in [0.25, 0.3) is 0 Å². The summed E-state index contributed by atoms with van der Waals surface area (Å²) in [5, 5.41) is 18.7. The minimum absolute atomic E-state index is 0.0453. The van der Waals surface area contributed by atoms with E-state index in [1.54, 1.807) is 0 Å². The molecule has 5 nitrogen and oxygen atoms in total. The molecule has 1 aromatic rings. The molecule has 96 valence electrons. The predicted octanol–water partition coefficient (Wildman–Crippen LogP) is 0.846. The maximum atomic E-state index is 11.9. The maximum absolute atomic E-state index is 11.9. The van der Waals surface area contributed by atoms with Gasteiger partial charge in [0.1, 0.15) is 0 Å². The second-order valence-corrected chi connectivity index (χ2v) is 5.00. The number of aromatic amines is 1. The van der Waals surface area contributed by atoms with E-state index >= 15 is 0 Å². The summed E-state index contributed by atoms with van der Waals surface area (Å²) in [7, 11) is 0. The molecular weight excluding hydrogens is 218 g/mol. The Kier molecular flexibility index (Phi) is 4.28. The van der Waals surface area contributed by atoms with Gasteiger partial charge in [-0.1, -0.05) is 0 Å². The SMILES string of the molecule is Cc1n[nH]c(C)c1CC(=O)NC(C)(C)CCO. The molecule has 0 radical (unpaired) electrons. The Balaban J connectivity index is 2.62. The van der Waals surface area contributed by atoms with E-state index in [9.17, 15) is 4.79 Å². The summed E-state index contributed by atoms with van der Waals surface area (Å²) in [4.78, 5) is 11.9. The lowest BCUT2D eigenvalue weighted by molar-refractivity contribution is -0.122. The summed E-state index contributed by atoms with van der Waals surface area (Å²) in [6.07, 6.45) is 0.866. The van der Waals surface area contributed by atoms with E-state index in [0.29, 0.717) is 12.8 Å². The Labute approximate surface area is 102 Å². The highest BCUT2D eigenvalue weighted by atomic mass is 16.3. The second-order valence-electron chi connectivity index (χ2n) is 5.00. The van der Waals surface area contributed by atoms with Gasteiger partial charge in [0.15, 0.2) is 0 Å². The fourth-order valence-corrected chi connectivity index (χ4v) is 1.76. The van der Waals surface area contributed by atoms with Gasteiger partial charge in [0.2, 0.25) is 5.91 Å². The largest absolute Gasteiger partial charge is 0.396 e. The van der Waals surface area contributed by atoms with E-state index < -0.39 is 0 Å². The van der Waals surface area contributed by atoms with E-state index in [-0.39, 0.29) is 18.1 Å². The predicted molar refractivity (Wildman–Crippen MR) is 65.7 cm³/mol. The van der Waals surface area contributed by atoms with Crippen molar-refractivity contribution in [3.8, 4) is 0 Å². The van der Waals surface area contributed by atoms with Gasteiger partial charge in [0, 0.05) is 23.4 Å². The quantitative estimate of drug-likeness (QED) is 0.712. The first-order valence-electron chi connectivity index (χ1n) is 5.78. The Hall–Kier alpha value is -1.36. The highest BCUT2D eigenvalue weighted by Crippen LogP contribution is 2.12. The zero-order valence-corrected chi connectivity index (χ0v) is 10.9. The van der Waals surface area contributed by atoms with Gasteiger partial charge in [-0.25, -0.2) is 0 Å². The van der Waals surface area contributed by atoms with E-state index in [4.69, 9.17) is 5.11 Å². The lowest BCUT2D eigenvalue weighted by atomic mass is 10.0. The third-order valence-electron chi connectivity index (χ3n) is 2.83. The summed E-state index contributed by atoms with van der Waals surface area (Å²) in [5.41, 5.74) is 2.36. The Bertz CT molecular complexity index is 377. The van der Waals surface area contributed by atoms with Crippen LogP contribution in [-0.2, 0) is 11.2 Å². The van der Waals surface area contributed by atoms with Crippen LogP contribution in [0.5, 0.6) is 0 Å². The normalized spacial score (nSPS) is 11.6. The molecule has 17 heavy (non-hydrogen) atoms. The standard InChI is InChI=1S/C12H21N3O2/c1-8-10(9(2)15-14-8)7-11(17)13-12(3,4)5-6-16/h16H,5-7H2,1-4H3,(H,13,17)(H,14,15). The van der Waals surface area contributed by atoms with Gasteiger partial charge in [-0.05, 0) is 34.1 Å². The van der Waals surface area contributed by atoms with E-state index in [1.165, 1.54) is 0 Å². The van der Waals surface area contributed by atoms with Crippen molar-refractivity contribution in [2.24, 2.45) is 0 Å². The van der Waals surface area contributed by atoms with Crippen molar-refractivity contribution in [2.45, 2.75) is 46.1 Å². The number of aliphatic hydroxyl groups excluding tert-OH is 1. The molecule has 3 N–H and O–H groups in total. The molecule has 0 atom stereocenters. The van der Waals surface area contributed by atoms with Crippen LogP contribution in [-0.4, -0.2) is 33.4 Å². The molecule has 0 unspecified atom stereocenters. The van der Waals surface area contributed by atoms with Crippen LogP contribution in [0.15, 0.2) is 0 Å². The molecule has 0 saturated carbocycles. The summed E-state index contributed by atoms with van der Waals surface area (Å²) in [5.74, 6) is -0.0453. The van der Waals surface area contributed by atoms with Crippen molar-refractivity contribution in [3.05, 3.63) is 17.0 Å². The summed E-state index contributed by atoms with van der Waals surface area (Å²) in [6, 6.07) is 0. The average Bonchev–Trinajstić information content (AvgIpc) is 2.48. The number of rotatable bonds is 5. The number of nitrogens with one attached hydrogen (secondary N) is 2. The molecule has 1 aromatic heterocycles. The number of aryl methyl sites for hydroxylation is 2. The summed E-state index contributed by atoms with van der Waals surface area (Å²) >= 11 is 0. The number of hydrogen-bond acceptors (Lipinski definition) is 3. The Morgan fingerprint density at radius 2 is 2.12 bits per heavy atom. The summed E-state index contributed by atoms with van der Waals surface area (Å²) in [6.45, 7) is 7.65. The van der Waals surface area contributed by atoms with Crippen LogP contribution in [0, 0.1) is 13.8 Å². The minimum Gasteiger partial charge on any atom is -0.396 e. The van der Waals surface area contributed by atoms with Crippen LogP contribution in [0.3, 0.4) is 0 Å². The van der Waals surface area contributed by atoms with Crippen molar-refractivity contribution >= 4 is 5.91 Å². The highest BCUT2D eigenvalue weighted by Gasteiger charge is 2.20. The maximum Gasteiger partial charge on any atom is 0.224 e. The molecule has 0 aliphatic rings. The molecule has 0 fully saturated rings. The molecule has 5 heteroatoms. The lowest BCUT2D eigenvalue weighted by Crippen LogP contribution is -2.44. The van der Waals surface area contributed by atoms with Crippen molar-refractivity contribution < 1.29 is 9.90 Å².